The van der Waals surface area contributed by atoms with Gasteiger partial charge >= 0.3 is 12.3 Å². The summed E-state index contributed by atoms with van der Waals surface area (Å²) in [7, 11) is 0.838. The Hall–Kier alpha value is -2.13. The Kier molecular flexibility index (Phi) is 4.12. The van der Waals surface area contributed by atoms with Gasteiger partial charge in [0.05, 0.1) is 12.7 Å². The highest BCUT2D eigenvalue weighted by Crippen LogP contribution is 2.37. The molecule has 0 spiro atoms. The van der Waals surface area contributed by atoms with Crippen molar-refractivity contribution in [3.8, 4) is 11.6 Å². The number of methoxy groups -OCH3 is 1. The third kappa shape index (κ3) is 3.42. The maximum absolute atomic E-state index is 12.6. The number of carboxylic acid groups (broad SMARTS) is 1. The number of pyridine rings is 1. The SMILES string of the molecule is COc1c(C(F)F)cnc(OC(F)(F)F)c1C(=O)O. The van der Waals surface area contributed by atoms with Crippen LogP contribution >= 0.6 is 0 Å². The van der Waals surface area contributed by atoms with E-state index in [2.05, 4.69) is 14.5 Å². The van der Waals surface area contributed by atoms with Crippen molar-refractivity contribution in [3.63, 3.8) is 0 Å². The fourth-order valence-corrected chi connectivity index (χ4v) is 1.24. The molecular formula is C9H6F5NO4. The quantitative estimate of drug-likeness (QED) is 0.862. The van der Waals surface area contributed by atoms with Gasteiger partial charge in [-0.05, 0) is 0 Å². The van der Waals surface area contributed by atoms with Crippen LogP contribution in [-0.4, -0.2) is 29.5 Å². The summed E-state index contributed by atoms with van der Waals surface area (Å²) in [6.45, 7) is 0. The first kappa shape index (κ1) is 14.9. The molecule has 5 nitrogen and oxygen atoms in total. The summed E-state index contributed by atoms with van der Waals surface area (Å²) < 4.78 is 69.0. The van der Waals surface area contributed by atoms with Crippen LogP contribution in [0.3, 0.4) is 0 Å². The van der Waals surface area contributed by atoms with E-state index in [0.29, 0.717) is 6.20 Å². The van der Waals surface area contributed by atoms with Gasteiger partial charge in [-0.15, -0.1) is 13.2 Å². The van der Waals surface area contributed by atoms with Gasteiger partial charge in [0.15, 0.2) is 5.56 Å². The van der Waals surface area contributed by atoms with Gasteiger partial charge in [0, 0.05) is 6.20 Å². The van der Waals surface area contributed by atoms with E-state index in [-0.39, 0.29) is 0 Å². The number of carboxylic acids is 1. The first-order valence-corrected chi connectivity index (χ1v) is 4.51. The standard InChI is InChI=1S/C9H6F5NO4/c1-18-5-3(6(10)11)2-15-7(4(5)8(16)17)19-9(12,13)14/h2,6H,1H3,(H,16,17). The topological polar surface area (TPSA) is 68.7 Å². The fourth-order valence-electron chi connectivity index (χ4n) is 1.24. The first-order valence-electron chi connectivity index (χ1n) is 4.51. The molecule has 0 fully saturated rings. The van der Waals surface area contributed by atoms with Gasteiger partial charge in [-0.25, -0.2) is 18.6 Å². The Labute approximate surface area is 102 Å². The second kappa shape index (κ2) is 5.24. The van der Waals surface area contributed by atoms with Crippen LogP contribution in [0, 0.1) is 0 Å². The minimum atomic E-state index is -5.21. The molecule has 0 aromatic carbocycles. The van der Waals surface area contributed by atoms with E-state index in [1.54, 1.807) is 0 Å². The number of aromatic nitrogens is 1. The van der Waals surface area contributed by atoms with E-state index >= 15 is 0 Å². The predicted molar refractivity (Wildman–Crippen MR) is 49.4 cm³/mol. The molecule has 1 aromatic rings. The Balaban J connectivity index is 3.46. The second-order valence-electron chi connectivity index (χ2n) is 3.08. The highest BCUT2D eigenvalue weighted by molar-refractivity contribution is 5.94. The monoisotopic (exact) mass is 287 g/mol. The van der Waals surface area contributed by atoms with Crippen LogP contribution in [0.1, 0.15) is 22.3 Å². The molecule has 1 heterocycles. The number of alkyl halides is 5. The Morgan fingerprint density at radius 2 is 2.00 bits per heavy atom. The normalized spacial score (nSPS) is 11.5. The van der Waals surface area contributed by atoms with Crippen LogP contribution in [0.2, 0.25) is 0 Å². The van der Waals surface area contributed by atoms with E-state index in [0.717, 1.165) is 7.11 Å². The first-order chi connectivity index (χ1) is 8.67. The smallest absolute Gasteiger partial charge is 0.495 e. The Morgan fingerprint density at radius 1 is 1.42 bits per heavy atom. The van der Waals surface area contributed by atoms with Crippen LogP contribution in [0.15, 0.2) is 6.20 Å². The zero-order chi connectivity index (χ0) is 14.8. The number of hydrogen-bond acceptors (Lipinski definition) is 4. The molecule has 19 heavy (non-hydrogen) atoms. The lowest BCUT2D eigenvalue weighted by molar-refractivity contribution is -0.276. The molecule has 1 rings (SSSR count). The molecule has 1 N–H and O–H groups in total. The molecule has 0 radical (unpaired) electrons. The summed E-state index contributed by atoms with van der Waals surface area (Å²) in [6.07, 6.45) is -8.02. The van der Waals surface area contributed by atoms with Gasteiger partial charge in [0.25, 0.3) is 6.43 Å². The molecule has 0 unspecified atom stereocenters. The molecule has 0 bridgehead atoms. The van der Waals surface area contributed by atoms with Gasteiger partial charge in [-0.3, -0.25) is 0 Å². The highest BCUT2D eigenvalue weighted by Gasteiger charge is 2.36. The number of hydrogen-bond donors (Lipinski definition) is 1. The van der Waals surface area contributed by atoms with E-state index in [1.807, 2.05) is 0 Å². The summed E-state index contributed by atoms with van der Waals surface area (Å²) in [5.74, 6) is -4.25. The van der Waals surface area contributed by atoms with Crippen molar-refractivity contribution in [3.05, 3.63) is 17.3 Å². The summed E-state index contributed by atoms with van der Waals surface area (Å²) in [5, 5.41) is 8.77. The van der Waals surface area contributed by atoms with Crippen LogP contribution in [-0.2, 0) is 0 Å². The Morgan fingerprint density at radius 3 is 2.37 bits per heavy atom. The summed E-state index contributed by atoms with van der Waals surface area (Å²) in [6, 6.07) is 0. The van der Waals surface area contributed by atoms with E-state index in [4.69, 9.17) is 5.11 Å². The average molecular weight is 287 g/mol. The van der Waals surface area contributed by atoms with E-state index in [1.165, 1.54) is 0 Å². The molecule has 0 amide bonds. The van der Waals surface area contributed by atoms with E-state index < -0.39 is 41.5 Å². The molecule has 1 aromatic heterocycles. The van der Waals surface area contributed by atoms with Crippen molar-refractivity contribution in [1.82, 2.24) is 4.98 Å². The molecule has 0 saturated heterocycles. The minimum Gasteiger partial charge on any atom is -0.495 e. The van der Waals surface area contributed by atoms with E-state index in [9.17, 15) is 26.7 Å². The van der Waals surface area contributed by atoms with Crippen LogP contribution in [0.4, 0.5) is 22.0 Å². The van der Waals surface area contributed by atoms with Crippen LogP contribution < -0.4 is 9.47 Å². The van der Waals surface area contributed by atoms with Crippen LogP contribution in [0.25, 0.3) is 0 Å². The van der Waals surface area contributed by atoms with Crippen molar-refractivity contribution in [2.45, 2.75) is 12.8 Å². The van der Waals surface area contributed by atoms with Gasteiger partial charge in [-0.1, -0.05) is 0 Å². The van der Waals surface area contributed by atoms with Gasteiger partial charge in [0.2, 0.25) is 5.88 Å². The number of ether oxygens (including phenoxy) is 2. The summed E-state index contributed by atoms with van der Waals surface area (Å²) in [5.41, 5.74) is -2.17. The van der Waals surface area contributed by atoms with Gasteiger partial charge < -0.3 is 14.6 Å². The maximum atomic E-state index is 12.6. The Bertz CT molecular complexity index is 488. The minimum absolute atomic E-state index is 0.358. The number of nitrogens with zero attached hydrogens (tertiary/aromatic N) is 1. The maximum Gasteiger partial charge on any atom is 0.574 e. The second-order valence-corrected chi connectivity index (χ2v) is 3.08. The number of rotatable bonds is 4. The van der Waals surface area contributed by atoms with Gasteiger partial charge in [-0.2, -0.15) is 0 Å². The van der Waals surface area contributed by atoms with Crippen molar-refractivity contribution in [1.29, 1.82) is 0 Å². The zero-order valence-corrected chi connectivity index (χ0v) is 9.16. The molecule has 0 aliphatic rings. The molecular weight excluding hydrogens is 281 g/mol. The summed E-state index contributed by atoms with van der Waals surface area (Å²) in [4.78, 5) is 13.8. The largest absolute Gasteiger partial charge is 0.574 e. The molecule has 0 aliphatic heterocycles. The van der Waals surface area contributed by atoms with Crippen molar-refractivity contribution in [2.24, 2.45) is 0 Å². The van der Waals surface area contributed by atoms with Crippen molar-refractivity contribution in [2.75, 3.05) is 7.11 Å². The lowest BCUT2D eigenvalue weighted by atomic mass is 10.1. The number of carbonyl (C=O) groups is 1. The third-order valence-electron chi connectivity index (χ3n) is 1.89. The number of halogens is 5. The highest BCUT2D eigenvalue weighted by atomic mass is 19.4. The molecule has 106 valence electrons. The zero-order valence-electron chi connectivity index (χ0n) is 9.16. The molecule has 10 heteroatoms. The fraction of sp³-hybridized carbons (Fsp3) is 0.333. The summed E-state index contributed by atoms with van der Waals surface area (Å²) >= 11 is 0. The van der Waals surface area contributed by atoms with Gasteiger partial charge in [0.1, 0.15) is 5.75 Å². The molecule has 0 atom stereocenters. The number of aromatic carboxylic acids is 1. The average Bonchev–Trinajstić information content (AvgIpc) is 2.25. The predicted octanol–water partition coefficient (Wildman–Crippen LogP) is 2.62. The van der Waals surface area contributed by atoms with Crippen molar-refractivity contribution < 1.29 is 41.3 Å². The molecule has 0 saturated carbocycles. The van der Waals surface area contributed by atoms with Crippen molar-refractivity contribution >= 4 is 5.97 Å². The van der Waals surface area contributed by atoms with Crippen LogP contribution in [0.5, 0.6) is 11.6 Å². The lowest BCUT2D eigenvalue weighted by Crippen LogP contribution is -2.20. The third-order valence-corrected chi connectivity index (χ3v) is 1.89. The molecule has 0 aliphatic carbocycles. The lowest BCUT2D eigenvalue weighted by Gasteiger charge is -2.15.